The molecule has 6 nitrogen and oxygen atoms in total. The van der Waals surface area contributed by atoms with Crippen LogP contribution in [0.15, 0.2) is 24.5 Å². The van der Waals surface area contributed by atoms with Gasteiger partial charge >= 0.3 is 0 Å². The summed E-state index contributed by atoms with van der Waals surface area (Å²) in [5.41, 5.74) is 1.81. The summed E-state index contributed by atoms with van der Waals surface area (Å²) in [5, 5.41) is 8.98. The first kappa shape index (κ1) is 23.8. The van der Waals surface area contributed by atoms with E-state index in [4.69, 9.17) is 9.84 Å². The molecule has 0 atom stereocenters. The maximum Gasteiger partial charge on any atom is 0.225 e. The maximum atomic E-state index is 14.8. The first-order valence-corrected chi connectivity index (χ1v) is 12.1. The van der Waals surface area contributed by atoms with Crippen molar-refractivity contribution in [1.29, 1.82) is 0 Å². The minimum absolute atomic E-state index is 0.149. The number of aliphatic hydroxyl groups is 1. The van der Waals surface area contributed by atoms with Crippen LogP contribution < -0.4 is 9.64 Å². The Morgan fingerprint density at radius 2 is 1.64 bits per heavy atom. The van der Waals surface area contributed by atoms with Crippen molar-refractivity contribution >= 4 is 5.95 Å². The number of benzene rings is 1. The number of likely N-dealkylation sites (tertiary alicyclic amines) is 1. The van der Waals surface area contributed by atoms with Gasteiger partial charge in [-0.25, -0.2) is 18.7 Å². The highest BCUT2D eigenvalue weighted by Crippen LogP contribution is 2.34. The number of rotatable bonds is 8. The molecule has 0 amide bonds. The van der Waals surface area contributed by atoms with Crippen molar-refractivity contribution in [1.82, 2.24) is 14.9 Å². The summed E-state index contributed by atoms with van der Waals surface area (Å²) in [6.45, 7) is 6.27. The zero-order chi connectivity index (χ0) is 23.2. The third-order valence-corrected chi connectivity index (χ3v) is 6.82. The van der Waals surface area contributed by atoms with Crippen LogP contribution >= 0.6 is 0 Å². The fourth-order valence-electron chi connectivity index (χ4n) is 4.75. The van der Waals surface area contributed by atoms with Crippen molar-refractivity contribution < 1.29 is 18.6 Å². The van der Waals surface area contributed by atoms with Crippen LogP contribution in [-0.2, 0) is 6.42 Å². The number of piperidine rings is 2. The number of ether oxygens (including phenoxy) is 1. The first-order valence-electron chi connectivity index (χ1n) is 12.1. The third-order valence-electron chi connectivity index (χ3n) is 6.82. The molecule has 2 saturated heterocycles. The van der Waals surface area contributed by atoms with E-state index in [1.165, 1.54) is 12.1 Å². The fourth-order valence-corrected chi connectivity index (χ4v) is 4.75. The molecule has 0 radical (unpaired) electrons. The molecule has 0 bridgehead atoms. The molecule has 2 aliphatic heterocycles. The van der Waals surface area contributed by atoms with Gasteiger partial charge in [0.2, 0.25) is 5.95 Å². The SMILES string of the molecule is CCc1cnc(N2CCC(Oc3c(F)cc(C4CCN(CCCO)CC4)cc3F)CC2)nc1. The van der Waals surface area contributed by atoms with Gasteiger partial charge in [0.15, 0.2) is 17.4 Å². The molecule has 0 unspecified atom stereocenters. The normalized spacial score (nSPS) is 18.6. The molecular weight excluding hydrogens is 426 g/mol. The van der Waals surface area contributed by atoms with E-state index in [0.29, 0.717) is 37.4 Å². The number of anilines is 1. The quantitative estimate of drug-likeness (QED) is 0.644. The first-order chi connectivity index (χ1) is 16.1. The van der Waals surface area contributed by atoms with Gasteiger partial charge in [-0.05, 0) is 68.0 Å². The predicted molar refractivity (Wildman–Crippen MR) is 124 cm³/mol. The summed E-state index contributed by atoms with van der Waals surface area (Å²) in [4.78, 5) is 13.2. The van der Waals surface area contributed by atoms with Gasteiger partial charge in [0, 0.05) is 51.5 Å². The maximum absolute atomic E-state index is 14.8. The van der Waals surface area contributed by atoms with Gasteiger partial charge in [-0.1, -0.05) is 6.92 Å². The van der Waals surface area contributed by atoms with Crippen molar-refractivity contribution in [3.05, 3.63) is 47.3 Å². The van der Waals surface area contributed by atoms with Crippen LogP contribution in [0.1, 0.15) is 56.1 Å². The third kappa shape index (κ3) is 5.98. The Kier molecular flexibility index (Phi) is 8.09. The molecule has 0 spiro atoms. The molecule has 8 heteroatoms. The molecule has 0 saturated carbocycles. The Morgan fingerprint density at radius 3 is 2.21 bits per heavy atom. The second kappa shape index (κ2) is 11.2. The van der Waals surface area contributed by atoms with E-state index < -0.39 is 11.6 Å². The molecule has 4 rings (SSSR count). The summed E-state index contributed by atoms with van der Waals surface area (Å²) in [5.74, 6) is -0.658. The van der Waals surface area contributed by atoms with Crippen LogP contribution in [0.5, 0.6) is 5.75 Å². The fraction of sp³-hybridized carbons (Fsp3) is 0.600. The summed E-state index contributed by atoms with van der Waals surface area (Å²) >= 11 is 0. The predicted octanol–water partition coefficient (Wildman–Crippen LogP) is 3.93. The van der Waals surface area contributed by atoms with E-state index in [0.717, 1.165) is 50.9 Å². The lowest BCUT2D eigenvalue weighted by atomic mass is 9.89. The number of aromatic nitrogens is 2. The Hall–Kier alpha value is -2.32. The van der Waals surface area contributed by atoms with Crippen LogP contribution in [-0.4, -0.2) is 65.4 Å². The molecular formula is C25H34F2N4O2. The van der Waals surface area contributed by atoms with Gasteiger partial charge in [-0.3, -0.25) is 0 Å². The number of nitrogens with zero attached hydrogens (tertiary/aromatic N) is 4. The molecule has 0 aliphatic carbocycles. The van der Waals surface area contributed by atoms with E-state index in [-0.39, 0.29) is 24.4 Å². The van der Waals surface area contributed by atoms with Crippen molar-refractivity contribution in [2.45, 2.75) is 57.5 Å². The summed E-state index contributed by atoms with van der Waals surface area (Å²) in [7, 11) is 0. The van der Waals surface area contributed by atoms with Gasteiger partial charge in [-0.2, -0.15) is 0 Å². The van der Waals surface area contributed by atoms with E-state index in [1.54, 1.807) is 0 Å². The van der Waals surface area contributed by atoms with Crippen LogP contribution in [0.3, 0.4) is 0 Å². The van der Waals surface area contributed by atoms with E-state index in [9.17, 15) is 8.78 Å². The Morgan fingerprint density at radius 1 is 1.00 bits per heavy atom. The molecule has 3 heterocycles. The molecule has 1 N–H and O–H groups in total. The lowest BCUT2D eigenvalue weighted by molar-refractivity contribution is 0.155. The highest BCUT2D eigenvalue weighted by atomic mass is 19.1. The zero-order valence-corrected chi connectivity index (χ0v) is 19.3. The average molecular weight is 461 g/mol. The average Bonchev–Trinajstić information content (AvgIpc) is 2.85. The molecule has 2 fully saturated rings. The van der Waals surface area contributed by atoms with Crippen LogP contribution in [0.4, 0.5) is 14.7 Å². The Balaban J connectivity index is 1.32. The monoisotopic (exact) mass is 460 g/mol. The van der Waals surface area contributed by atoms with Gasteiger partial charge in [0.25, 0.3) is 0 Å². The summed E-state index contributed by atoms with van der Waals surface area (Å²) in [6.07, 6.45) is 8.16. The Labute approximate surface area is 194 Å². The molecule has 33 heavy (non-hydrogen) atoms. The summed E-state index contributed by atoms with van der Waals surface area (Å²) < 4.78 is 35.5. The number of aryl methyl sites for hydroxylation is 1. The molecule has 2 aliphatic rings. The van der Waals surface area contributed by atoms with Crippen molar-refractivity contribution in [3.8, 4) is 5.75 Å². The van der Waals surface area contributed by atoms with Crippen molar-refractivity contribution in [2.24, 2.45) is 0 Å². The molecule has 1 aromatic carbocycles. The second-order valence-electron chi connectivity index (χ2n) is 9.06. The molecule has 2 aromatic rings. The lowest BCUT2D eigenvalue weighted by Gasteiger charge is -2.33. The minimum atomic E-state index is -0.617. The lowest BCUT2D eigenvalue weighted by Crippen LogP contribution is -2.39. The molecule has 180 valence electrons. The topological polar surface area (TPSA) is 61.7 Å². The van der Waals surface area contributed by atoms with Gasteiger partial charge < -0.3 is 19.6 Å². The van der Waals surface area contributed by atoms with Gasteiger partial charge in [0.05, 0.1) is 0 Å². The van der Waals surface area contributed by atoms with Crippen molar-refractivity contribution in [2.75, 3.05) is 44.2 Å². The smallest absolute Gasteiger partial charge is 0.225 e. The number of halogens is 2. The highest BCUT2D eigenvalue weighted by molar-refractivity contribution is 5.34. The van der Waals surface area contributed by atoms with Crippen LogP contribution in [0, 0.1) is 11.6 Å². The van der Waals surface area contributed by atoms with E-state index in [1.807, 2.05) is 12.4 Å². The number of hydrogen-bond acceptors (Lipinski definition) is 6. The zero-order valence-electron chi connectivity index (χ0n) is 19.3. The van der Waals surface area contributed by atoms with Crippen LogP contribution in [0.25, 0.3) is 0 Å². The number of hydrogen-bond donors (Lipinski definition) is 1. The van der Waals surface area contributed by atoms with Gasteiger partial charge in [-0.15, -0.1) is 0 Å². The largest absolute Gasteiger partial charge is 0.484 e. The van der Waals surface area contributed by atoms with Gasteiger partial charge in [0.1, 0.15) is 6.10 Å². The van der Waals surface area contributed by atoms with E-state index in [2.05, 4.69) is 26.7 Å². The van der Waals surface area contributed by atoms with E-state index >= 15 is 0 Å². The summed E-state index contributed by atoms with van der Waals surface area (Å²) in [6, 6.07) is 2.90. The van der Waals surface area contributed by atoms with Crippen LogP contribution in [0.2, 0.25) is 0 Å². The molecule has 1 aromatic heterocycles. The Bertz CT molecular complexity index is 873. The standard InChI is InChI=1S/C25H34F2N4O2/c1-2-18-16-28-25(29-17-18)31-11-6-21(7-12-31)33-24-22(26)14-20(15-23(24)27)19-4-9-30(10-5-19)8-3-13-32/h14-17,19,21,32H,2-13H2,1H3. The second-order valence-corrected chi connectivity index (χ2v) is 9.06. The number of aliphatic hydroxyl groups excluding tert-OH is 1. The minimum Gasteiger partial charge on any atom is -0.484 e. The highest BCUT2D eigenvalue weighted by Gasteiger charge is 2.27. The van der Waals surface area contributed by atoms with Crippen molar-refractivity contribution in [3.63, 3.8) is 0 Å².